The number of hydrogen-bond donors (Lipinski definition) is 2. The molecule has 1 saturated heterocycles. The molecule has 2 amide bonds. The summed E-state index contributed by atoms with van der Waals surface area (Å²) < 4.78 is 13.2. The van der Waals surface area contributed by atoms with Gasteiger partial charge in [0.15, 0.2) is 11.6 Å². The Kier molecular flexibility index (Phi) is 4.19. The van der Waals surface area contributed by atoms with Gasteiger partial charge in [0, 0.05) is 12.2 Å². The maximum absolute atomic E-state index is 13.2. The van der Waals surface area contributed by atoms with Gasteiger partial charge in [0.05, 0.1) is 0 Å². The smallest absolute Gasteiger partial charge is 0.320 e. The molecule has 2 rings (SSSR count). The third kappa shape index (κ3) is 3.59. The quantitative estimate of drug-likeness (QED) is 0.852. The molecular weight excluding hydrogens is 241 g/mol. The molecule has 0 spiro atoms. The van der Waals surface area contributed by atoms with Crippen molar-refractivity contribution in [2.24, 2.45) is 0 Å². The van der Waals surface area contributed by atoms with E-state index in [2.05, 4.69) is 15.6 Å². The van der Waals surface area contributed by atoms with Crippen molar-refractivity contribution in [3.63, 3.8) is 0 Å². The highest BCUT2D eigenvalue weighted by Crippen LogP contribution is 2.17. The van der Waals surface area contributed by atoms with Gasteiger partial charge in [-0.25, -0.2) is 14.2 Å². The van der Waals surface area contributed by atoms with Crippen molar-refractivity contribution in [1.82, 2.24) is 10.3 Å². The zero-order valence-electron chi connectivity index (χ0n) is 9.28. The van der Waals surface area contributed by atoms with Crippen molar-refractivity contribution in [1.29, 1.82) is 0 Å². The normalized spacial score (nSPS) is 16.5. The summed E-state index contributed by atoms with van der Waals surface area (Å²) in [7, 11) is 0. The van der Waals surface area contributed by atoms with Crippen molar-refractivity contribution in [3.05, 3.63) is 24.1 Å². The number of anilines is 1. The van der Waals surface area contributed by atoms with Crippen LogP contribution in [0.1, 0.15) is 12.8 Å². The van der Waals surface area contributed by atoms with E-state index in [0.717, 1.165) is 24.3 Å². The van der Waals surface area contributed by atoms with Gasteiger partial charge in [-0.15, -0.1) is 0 Å². The van der Waals surface area contributed by atoms with Crippen LogP contribution in [0.2, 0.25) is 0 Å². The summed E-state index contributed by atoms with van der Waals surface area (Å²) in [5.74, 6) is 1.56. The second-order valence-corrected chi connectivity index (χ2v) is 5.04. The first-order chi connectivity index (χ1) is 8.25. The number of amides is 2. The average Bonchev–Trinajstić information content (AvgIpc) is 2.33. The first kappa shape index (κ1) is 12.2. The third-order valence-corrected chi connectivity index (χ3v) is 3.60. The fraction of sp³-hybridized carbons (Fsp3) is 0.455. The lowest BCUT2D eigenvalue weighted by atomic mass is 10.2. The maximum Gasteiger partial charge on any atom is 0.320 e. The number of urea groups is 1. The standard InChI is InChI=1S/C11H14FN3OS/c12-9-2-1-5-13-10(9)15-11(16)14-8-3-6-17-7-4-8/h1-2,5,8H,3-4,6-7H2,(H2,13,14,15,16). The van der Waals surface area contributed by atoms with Gasteiger partial charge in [-0.3, -0.25) is 5.32 Å². The van der Waals surface area contributed by atoms with Crippen LogP contribution in [-0.4, -0.2) is 28.6 Å². The highest BCUT2D eigenvalue weighted by atomic mass is 32.2. The Bertz CT molecular complexity index is 396. The topological polar surface area (TPSA) is 54.0 Å². The SMILES string of the molecule is O=C(Nc1ncccc1F)NC1CCSCC1. The number of carbonyl (C=O) groups is 1. The second kappa shape index (κ2) is 5.86. The lowest BCUT2D eigenvalue weighted by Crippen LogP contribution is -2.40. The summed E-state index contributed by atoms with van der Waals surface area (Å²) in [6.45, 7) is 0. The number of nitrogens with one attached hydrogen (secondary N) is 2. The lowest BCUT2D eigenvalue weighted by Gasteiger charge is -2.22. The van der Waals surface area contributed by atoms with E-state index >= 15 is 0 Å². The molecule has 1 fully saturated rings. The van der Waals surface area contributed by atoms with Gasteiger partial charge >= 0.3 is 6.03 Å². The van der Waals surface area contributed by atoms with E-state index < -0.39 is 5.82 Å². The highest BCUT2D eigenvalue weighted by Gasteiger charge is 2.16. The van der Waals surface area contributed by atoms with Crippen molar-refractivity contribution >= 4 is 23.6 Å². The minimum Gasteiger partial charge on any atom is -0.335 e. The molecule has 4 nitrogen and oxygen atoms in total. The molecule has 2 N–H and O–H groups in total. The molecule has 0 unspecified atom stereocenters. The monoisotopic (exact) mass is 255 g/mol. The summed E-state index contributed by atoms with van der Waals surface area (Å²) in [4.78, 5) is 15.4. The first-order valence-electron chi connectivity index (χ1n) is 5.51. The zero-order valence-corrected chi connectivity index (χ0v) is 10.1. The Balaban J connectivity index is 1.86. The van der Waals surface area contributed by atoms with E-state index in [1.165, 1.54) is 18.3 Å². The number of pyridine rings is 1. The van der Waals surface area contributed by atoms with E-state index in [4.69, 9.17) is 0 Å². The number of hydrogen-bond acceptors (Lipinski definition) is 3. The number of halogens is 1. The van der Waals surface area contributed by atoms with Crippen molar-refractivity contribution in [3.8, 4) is 0 Å². The van der Waals surface area contributed by atoms with Crippen molar-refractivity contribution in [2.45, 2.75) is 18.9 Å². The van der Waals surface area contributed by atoms with Crippen LogP contribution in [-0.2, 0) is 0 Å². The van der Waals surface area contributed by atoms with E-state index in [0.29, 0.717) is 0 Å². The summed E-state index contributed by atoms with van der Waals surface area (Å²) >= 11 is 1.89. The van der Waals surface area contributed by atoms with Gasteiger partial charge in [-0.1, -0.05) is 0 Å². The summed E-state index contributed by atoms with van der Waals surface area (Å²) in [6.07, 6.45) is 3.36. The van der Waals surface area contributed by atoms with E-state index in [1.807, 2.05) is 11.8 Å². The van der Waals surface area contributed by atoms with Gasteiger partial charge in [0.25, 0.3) is 0 Å². The van der Waals surface area contributed by atoms with Crippen molar-refractivity contribution < 1.29 is 9.18 Å². The Hall–Kier alpha value is -1.30. The van der Waals surface area contributed by atoms with Crippen LogP contribution in [0.15, 0.2) is 18.3 Å². The van der Waals surface area contributed by atoms with Crippen LogP contribution < -0.4 is 10.6 Å². The predicted octanol–water partition coefficient (Wildman–Crippen LogP) is 2.24. The molecule has 0 aliphatic carbocycles. The van der Waals surface area contributed by atoms with Crippen LogP contribution >= 0.6 is 11.8 Å². The fourth-order valence-electron chi connectivity index (χ4n) is 1.65. The number of rotatable bonds is 2. The third-order valence-electron chi connectivity index (χ3n) is 2.55. The number of thioether (sulfide) groups is 1. The molecule has 6 heteroatoms. The van der Waals surface area contributed by atoms with Crippen molar-refractivity contribution in [2.75, 3.05) is 16.8 Å². The number of aromatic nitrogens is 1. The maximum atomic E-state index is 13.2. The second-order valence-electron chi connectivity index (χ2n) is 3.82. The largest absolute Gasteiger partial charge is 0.335 e. The van der Waals surface area contributed by atoms with Crippen LogP contribution in [0.4, 0.5) is 15.0 Å². The van der Waals surface area contributed by atoms with Gasteiger partial charge in [-0.05, 0) is 36.5 Å². The fourth-order valence-corrected chi connectivity index (χ4v) is 2.76. The molecule has 0 radical (unpaired) electrons. The van der Waals surface area contributed by atoms with Gasteiger partial charge in [0.2, 0.25) is 0 Å². The molecule has 1 aromatic rings. The van der Waals surface area contributed by atoms with Crippen LogP contribution in [0, 0.1) is 5.82 Å². The van der Waals surface area contributed by atoms with Gasteiger partial charge < -0.3 is 5.32 Å². The first-order valence-corrected chi connectivity index (χ1v) is 6.67. The predicted molar refractivity (Wildman–Crippen MR) is 66.7 cm³/mol. The minimum atomic E-state index is -0.526. The molecule has 1 aliphatic heterocycles. The molecule has 1 aromatic heterocycles. The minimum absolute atomic E-state index is 0.0322. The summed E-state index contributed by atoms with van der Waals surface area (Å²) in [6, 6.07) is 2.54. The molecule has 17 heavy (non-hydrogen) atoms. The summed E-state index contributed by atoms with van der Waals surface area (Å²) in [5.41, 5.74) is 0. The molecule has 92 valence electrons. The van der Waals surface area contributed by atoms with Crippen LogP contribution in [0.5, 0.6) is 0 Å². The highest BCUT2D eigenvalue weighted by molar-refractivity contribution is 7.99. The molecule has 0 aromatic carbocycles. The van der Waals surface area contributed by atoms with Crippen LogP contribution in [0.3, 0.4) is 0 Å². The lowest BCUT2D eigenvalue weighted by molar-refractivity contribution is 0.247. The molecule has 0 atom stereocenters. The molecule has 0 saturated carbocycles. The Labute approximate surface area is 103 Å². The zero-order chi connectivity index (χ0) is 12.1. The average molecular weight is 255 g/mol. The van der Waals surface area contributed by atoms with Crippen LogP contribution in [0.25, 0.3) is 0 Å². The number of nitrogens with zero attached hydrogens (tertiary/aromatic N) is 1. The Morgan fingerprint density at radius 2 is 2.24 bits per heavy atom. The van der Waals surface area contributed by atoms with E-state index in [9.17, 15) is 9.18 Å². The van der Waals surface area contributed by atoms with E-state index in [1.54, 1.807) is 0 Å². The summed E-state index contributed by atoms with van der Waals surface area (Å²) in [5, 5.41) is 5.24. The Morgan fingerprint density at radius 3 is 2.94 bits per heavy atom. The molecule has 0 bridgehead atoms. The van der Waals surface area contributed by atoms with Gasteiger partial charge in [0.1, 0.15) is 0 Å². The molecular formula is C11H14FN3OS. The van der Waals surface area contributed by atoms with E-state index in [-0.39, 0.29) is 17.9 Å². The van der Waals surface area contributed by atoms with Gasteiger partial charge in [-0.2, -0.15) is 11.8 Å². The number of carbonyl (C=O) groups excluding carboxylic acids is 1. The Morgan fingerprint density at radius 1 is 1.47 bits per heavy atom. The molecule has 1 aliphatic rings. The molecule has 2 heterocycles.